The molecule has 4 rings (SSSR count). The topological polar surface area (TPSA) is 56.3 Å². The predicted octanol–water partition coefficient (Wildman–Crippen LogP) is 5.77. The monoisotopic (exact) mass is 395 g/mol. The van der Waals surface area contributed by atoms with Crippen LogP contribution in [-0.2, 0) is 11.3 Å². The minimum absolute atomic E-state index is 0.00543. The quantitative estimate of drug-likeness (QED) is 0.318. The first-order valence-electron chi connectivity index (χ1n) is 9.76. The molecule has 148 valence electrons. The van der Waals surface area contributed by atoms with E-state index < -0.39 is 0 Å². The third-order valence-corrected chi connectivity index (χ3v) is 5.12. The van der Waals surface area contributed by atoms with Gasteiger partial charge in [-0.3, -0.25) is 4.79 Å². The zero-order valence-corrected chi connectivity index (χ0v) is 16.9. The van der Waals surface area contributed by atoms with Gasteiger partial charge in [-0.2, -0.15) is 0 Å². The highest BCUT2D eigenvalue weighted by atomic mass is 16.5. The Bertz CT molecular complexity index is 1230. The van der Waals surface area contributed by atoms with Crippen LogP contribution in [-0.4, -0.2) is 16.7 Å². The Balaban J connectivity index is 1.69. The number of aromatic nitrogens is 1. The van der Waals surface area contributed by atoms with Crippen molar-refractivity contribution in [3.63, 3.8) is 0 Å². The molecule has 3 aromatic carbocycles. The molecule has 30 heavy (non-hydrogen) atoms. The van der Waals surface area contributed by atoms with Gasteiger partial charge in [0.05, 0.1) is 16.8 Å². The summed E-state index contributed by atoms with van der Waals surface area (Å²) in [4.78, 5) is 29.3. The number of carbonyl (C=O) groups excluding carboxylic acids is 2. The molecule has 0 N–H and O–H groups in total. The number of carbonyl (C=O) groups is 2. The fraction of sp³-hybridized carbons (Fsp3) is 0.115. The molecule has 0 aliphatic carbocycles. The van der Waals surface area contributed by atoms with Crippen molar-refractivity contribution in [2.45, 2.75) is 20.5 Å². The van der Waals surface area contributed by atoms with Gasteiger partial charge < -0.3 is 4.74 Å². The van der Waals surface area contributed by atoms with Crippen molar-refractivity contribution in [1.29, 1.82) is 0 Å². The maximum atomic E-state index is 13.1. The third kappa shape index (κ3) is 3.85. The lowest BCUT2D eigenvalue weighted by Crippen LogP contribution is -2.10. The number of esters is 1. The number of ketones is 1. The highest BCUT2D eigenvalue weighted by Crippen LogP contribution is 2.30. The summed E-state index contributed by atoms with van der Waals surface area (Å²) in [7, 11) is 0. The van der Waals surface area contributed by atoms with E-state index >= 15 is 0 Å². The summed E-state index contributed by atoms with van der Waals surface area (Å²) >= 11 is 0. The second-order valence-electron chi connectivity index (χ2n) is 7.17. The van der Waals surface area contributed by atoms with Gasteiger partial charge in [0.25, 0.3) is 0 Å². The van der Waals surface area contributed by atoms with Gasteiger partial charge in [0.15, 0.2) is 5.78 Å². The number of hydrogen-bond acceptors (Lipinski definition) is 4. The van der Waals surface area contributed by atoms with Crippen molar-refractivity contribution in [1.82, 2.24) is 4.98 Å². The van der Waals surface area contributed by atoms with Crippen LogP contribution in [0.4, 0.5) is 0 Å². The lowest BCUT2D eigenvalue weighted by Gasteiger charge is -2.14. The molecule has 4 heteroatoms. The molecule has 0 saturated heterocycles. The second kappa shape index (κ2) is 8.29. The first kappa shape index (κ1) is 19.5. The van der Waals surface area contributed by atoms with Crippen LogP contribution in [0.25, 0.3) is 22.2 Å². The lowest BCUT2D eigenvalue weighted by atomic mass is 9.98. The summed E-state index contributed by atoms with van der Waals surface area (Å²) in [6.07, 6.45) is 0. The van der Waals surface area contributed by atoms with Gasteiger partial charge >= 0.3 is 5.97 Å². The zero-order valence-electron chi connectivity index (χ0n) is 16.9. The second-order valence-corrected chi connectivity index (χ2v) is 7.17. The predicted molar refractivity (Wildman–Crippen MR) is 117 cm³/mol. The van der Waals surface area contributed by atoms with E-state index in [9.17, 15) is 9.59 Å². The number of benzene rings is 3. The van der Waals surface area contributed by atoms with Gasteiger partial charge in [-0.25, -0.2) is 9.78 Å². The molecule has 0 aliphatic heterocycles. The van der Waals surface area contributed by atoms with Crippen molar-refractivity contribution in [3.8, 4) is 11.3 Å². The van der Waals surface area contributed by atoms with Crippen molar-refractivity contribution in [2.75, 3.05) is 0 Å². The van der Waals surface area contributed by atoms with Gasteiger partial charge in [0, 0.05) is 16.5 Å². The summed E-state index contributed by atoms with van der Waals surface area (Å²) < 4.78 is 5.64. The zero-order chi connectivity index (χ0) is 21.1. The number of ether oxygens (including phenoxy) is 1. The van der Waals surface area contributed by atoms with Crippen LogP contribution in [0.5, 0.6) is 0 Å². The summed E-state index contributed by atoms with van der Waals surface area (Å²) in [5.41, 5.74) is 5.25. The maximum absolute atomic E-state index is 13.1. The molecule has 0 fully saturated rings. The van der Waals surface area contributed by atoms with Gasteiger partial charge in [-0.1, -0.05) is 72.8 Å². The van der Waals surface area contributed by atoms with Crippen molar-refractivity contribution in [2.24, 2.45) is 0 Å². The molecule has 0 bridgehead atoms. The molecule has 1 heterocycles. The van der Waals surface area contributed by atoms with Crippen LogP contribution in [0.3, 0.4) is 0 Å². The number of pyridine rings is 1. The molecule has 0 aliphatic rings. The molecule has 0 radical (unpaired) electrons. The number of fused-ring (bicyclic) bond motifs is 1. The Labute approximate surface area is 175 Å². The molecule has 4 aromatic rings. The summed E-state index contributed by atoms with van der Waals surface area (Å²) in [5, 5.41) is 0.770. The van der Waals surface area contributed by atoms with Crippen molar-refractivity contribution >= 4 is 22.7 Å². The smallest absolute Gasteiger partial charge is 0.339 e. The van der Waals surface area contributed by atoms with Crippen molar-refractivity contribution < 1.29 is 14.3 Å². The molecule has 1 aromatic heterocycles. The molecule has 0 spiro atoms. The SMILES string of the molecule is CC(=O)c1ccc(COC(=O)c2c(C)c(-c3ccccc3)nc3ccccc23)cc1. The number of hydrogen-bond donors (Lipinski definition) is 0. The van der Waals surface area contributed by atoms with Crippen LogP contribution in [0.2, 0.25) is 0 Å². The number of para-hydroxylation sites is 1. The van der Waals surface area contributed by atoms with E-state index in [-0.39, 0.29) is 18.4 Å². The largest absolute Gasteiger partial charge is 0.457 e. The third-order valence-electron chi connectivity index (χ3n) is 5.12. The Hall–Kier alpha value is -3.79. The summed E-state index contributed by atoms with van der Waals surface area (Å²) in [6, 6.07) is 24.5. The minimum atomic E-state index is -0.390. The Morgan fingerprint density at radius 2 is 1.53 bits per heavy atom. The van der Waals surface area contributed by atoms with E-state index in [2.05, 4.69) is 0 Å². The average Bonchev–Trinajstić information content (AvgIpc) is 2.78. The highest BCUT2D eigenvalue weighted by Gasteiger charge is 2.20. The maximum Gasteiger partial charge on any atom is 0.339 e. The van der Waals surface area contributed by atoms with Crippen LogP contribution >= 0.6 is 0 Å². The lowest BCUT2D eigenvalue weighted by molar-refractivity contribution is 0.0474. The Morgan fingerprint density at radius 1 is 0.867 bits per heavy atom. The molecular weight excluding hydrogens is 374 g/mol. The number of rotatable bonds is 5. The van der Waals surface area contributed by atoms with Crippen LogP contribution < -0.4 is 0 Å². The van der Waals surface area contributed by atoms with Gasteiger partial charge in [0.2, 0.25) is 0 Å². The molecule has 0 amide bonds. The standard InChI is InChI=1S/C26H21NO3/c1-17-24(26(29)30-16-19-12-14-20(15-13-19)18(2)28)22-10-6-7-11-23(22)27-25(17)21-8-4-3-5-9-21/h3-15H,16H2,1-2H3. The van der Waals surface area contributed by atoms with Crippen LogP contribution in [0.15, 0.2) is 78.9 Å². The minimum Gasteiger partial charge on any atom is -0.457 e. The fourth-order valence-electron chi connectivity index (χ4n) is 3.50. The fourth-order valence-corrected chi connectivity index (χ4v) is 3.50. The van der Waals surface area contributed by atoms with E-state index in [0.717, 1.165) is 33.3 Å². The highest BCUT2D eigenvalue weighted by molar-refractivity contribution is 6.06. The first-order valence-corrected chi connectivity index (χ1v) is 9.76. The normalized spacial score (nSPS) is 10.7. The summed E-state index contributed by atoms with van der Waals surface area (Å²) in [6.45, 7) is 3.56. The Morgan fingerprint density at radius 3 is 2.23 bits per heavy atom. The van der Waals surface area contributed by atoms with E-state index in [0.29, 0.717) is 11.1 Å². The van der Waals surface area contributed by atoms with Gasteiger partial charge in [-0.15, -0.1) is 0 Å². The van der Waals surface area contributed by atoms with Crippen molar-refractivity contribution in [3.05, 3.63) is 101 Å². The molecule has 0 atom stereocenters. The molecule has 0 saturated carbocycles. The van der Waals surface area contributed by atoms with Gasteiger partial charge in [-0.05, 0) is 31.0 Å². The van der Waals surface area contributed by atoms with E-state index in [1.54, 1.807) is 24.3 Å². The number of nitrogens with zero attached hydrogens (tertiary/aromatic N) is 1. The van der Waals surface area contributed by atoms with E-state index in [1.165, 1.54) is 6.92 Å². The molecule has 0 unspecified atom stereocenters. The molecule has 4 nitrogen and oxygen atoms in total. The van der Waals surface area contributed by atoms with E-state index in [1.807, 2.05) is 61.5 Å². The summed E-state index contributed by atoms with van der Waals surface area (Å²) in [5.74, 6) is -0.384. The average molecular weight is 395 g/mol. The first-order chi connectivity index (χ1) is 14.5. The van der Waals surface area contributed by atoms with Crippen LogP contribution in [0, 0.1) is 6.92 Å². The van der Waals surface area contributed by atoms with Gasteiger partial charge in [0.1, 0.15) is 6.61 Å². The van der Waals surface area contributed by atoms with E-state index in [4.69, 9.17) is 9.72 Å². The molecular formula is C26H21NO3. The Kier molecular flexibility index (Phi) is 5.40. The number of Topliss-reactive ketones (excluding diaryl/α,β-unsaturated/α-hetero) is 1. The van der Waals surface area contributed by atoms with Crippen LogP contribution in [0.1, 0.15) is 38.8 Å².